The molecule has 0 unspecified atom stereocenters. The summed E-state index contributed by atoms with van der Waals surface area (Å²) in [5.74, 6) is 0.659. The minimum atomic E-state index is -3.48. The summed E-state index contributed by atoms with van der Waals surface area (Å²) in [7, 11) is -3.48. The Labute approximate surface area is 194 Å². The Balaban J connectivity index is 1.36. The second-order valence-electron chi connectivity index (χ2n) is 7.83. The van der Waals surface area contributed by atoms with Crippen LogP contribution in [0.3, 0.4) is 0 Å². The van der Waals surface area contributed by atoms with Crippen molar-refractivity contribution < 1.29 is 13.2 Å². The van der Waals surface area contributed by atoms with Gasteiger partial charge in [-0.1, -0.05) is 35.9 Å². The number of hydrogen-bond donors (Lipinski definition) is 3. The normalized spacial score (nSPS) is 13.5. The fraction of sp³-hybridized carbons (Fsp3) is 0.391. The van der Waals surface area contributed by atoms with Crippen LogP contribution in [-0.2, 0) is 21.1 Å². The number of amidine groups is 1. The maximum atomic E-state index is 12.6. The van der Waals surface area contributed by atoms with Crippen LogP contribution < -0.4 is 16.0 Å². The number of aryl methyl sites for hydroxylation is 3. The van der Waals surface area contributed by atoms with Crippen molar-refractivity contribution in [3.05, 3.63) is 63.7 Å². The summed E-state index contributed by atoms with van der Waals surface area (Å²) < 4.78 is 25.2. The maximum Gasteiger partial charge on any atom is 0.220 e. The lowest BCUT2D eigenvalue weighted by Crippen LogP contribution is -2.34. The van der Waals surface area contributed by atoms with Crippen LogP contribution in [0.5, 0.6) is 0 Å². The number of carbonyl (C=O) groups is 1. The monoisotopic (exact) mass is 476 g/mol. The molecule has 3 N–H and O–H groups in total. The van der Waals surface area contributed by atoms with Crippen LogP contribution in [0.25, 0.3) is 0 Å². The molecule has 1 heterocycles. The molecule has 0 bridgehead atoms. The summed E-state index contributed by atoms with van der Waals surface area (Å²) >= 11 is 6.05. The zero-order chi connectivity index (χ0) is 23.1. The number of aliphatic imine (C=N–C) groups is 1. The lowest BCUT2D eigenvalue weighted by molar-refractivity contribution is -0.121. The molecule has 1 aliphatic heterocycles. The Morgan fingerprint density at radius 3 is 2.56 bits per heavy atom. The SMILES string of the molecule is Cc1cc(S(=O)(=O)CNCCNC(=O)CCc2ccc(C3=NCCN3)cc2)c(C)cc1Cl. The zero-order valence-corrected chi connectivity index (χ0v) is 19.9. The molecule has 2 aromatic carbocycles. The smallest absolute Gasteiger partial charge is 0.220 e. The molecule has 0 aliphatic carbocycles. The fourth-order valence-corrected chi connectivity index (χ4v) is 5.12. The van der Waals surface area contributed by atoms with E-state index in [9.17, 15) is 13.2 Å². The molecule has 1 aliphatic rings. The lowest BCUT2D eigenvalue weighted by atomic mass is 10.1. The Bertz CT molecular complexity index is 1100. The standard InChI is InChI=1S/C23H29ClN4O3S/c1-16-14-21(17(2)13-20(16)24)32(30,31)15-25-9-10-26-22(29)8-5-18-3-6-19(7-4-18)23-27-11-12-28-23/h3-4,6-7,13-14,25H,5,8-12,15H2,1-2H3,(H,26,29)(H,27,28). The van der Waals surface area contributed by atoms with Crippen LogP contribution in [0.2, 0.25) is 5.02 Å². The van der Waals surface area contributed by atoms with Crippen molar-refractivity contribution in [3.8, 4) is 0 Å². The molecule has 9 heteroatoms. The lowest BCUT2D eigenvalue weighted by Gasteiger charge is -2.11. The van der Waals surface area contributed by atoms with Gasteiger partial charge in [0.1, 0.15) is 11.7 Å². The number of amides is 1. The molecular weight excluding hydrogens is 448 g/mol. The van der Waals surface area contributed by atoms with Gasteiger partial charge in [-0.15, -0.1) is 0 Å². The highest BCUT2D eigenvalue weighted by molar-refractivity contribution is 7.91. The fourth-order valence-electron chi connectivity index (χ4n) is 3.43. The van der Waals surface area contributed by atoms with Crippen molar-refractivity contribution in [2.24, 2.45) is 4.99 Å². The average Bonchev–Trinajstić information content (AvgIpc) is 3.29. The van der Waals surface area contributed by atoms with Crippen molar-refractivity contribution in [2.45, 2.75) is 31.6 Å². The number of sulfone groups is 1. The molecule has 172 valence electrons. The highest BCUT2D eigenvalue weighted by Gasteiger charge is 2.18. The van der Waals surface area contributed by atoms with Gasteiger partial charge in [0.25, 0.3) is 0 Å². The van der Waals surface area contributed by atoms with Crippen molar-refractivity contribution in [1.82, 2.24) is 16.0 Å². The van der Waals surface area contributed by atoms with Crippen LogP contribution in [0.4, 0.5) is 0 Å². The highest BCUT2D eigenvalue weighted by Crippen LogP contribution is 2.24. The van der Waals surface area contributed by atoms with Gasteiger partial charge in [0.2, 0.25) is 5.91 Å². The molecule has 0 saturated heterocycles. The third kappa shape index (κ3) is 6.54. The van der Waals surface area contributed by atoms with Crippen molar-refractivity contribution in [1.29, 1.82) is 0 Å². The molecular formula is C23H29ClN4O3S. The molecule has 0 atom stereocenters. The minimum absolute atomic E-state index is 0.0651. The first-order chi connectivity index (χ1) is 15.3. The van der Waals surface area contributed by atoms with Gasteiger partial charge in [-0.2, -0.15) is 0 Å². The number of carbonyl (C=O) groups excluding carboxylic acids is 1. The average molecular weight is 477 g/mol. The zero-order valence-electron chi connectivity index (χ0n) is 18.4. The van der Waals surface area contributed by atoms with Crippen molar-refractivity contribution in [2.75, 3.05) is 32.1 Å². The molecule has 0 aromatic heterocycles. The van der Waals surface area contributed by atoms with Gasteiger partial charge in [-0.25, -0.2) is 8.42 Å². The molecule has 0 fully saturated rings. The Morgan fingerprint density at radius 1 is 1.12 bits per heavy atom. The van der Waals surface area contributed by atoms with Crippen molar-refractivity contribution >= 4 is 33.2 Å². The summed E-state index contributed by atoms with van der Waals surface area (Å²) in [6, 6.07) is 11.3. The number of nitrogens with one attached hydrogen (secondary N) is 3. The number of halogens is 1. The summed E-state index contributed by atoms with van der Waals surface area (Å²) in [6.07, 6.45) is 1.02. The minimum Gasteiger partial charge on any atom is -0.368 e. The molecule has 0 radical (unpaired) electrons. The molecule has 1 amide bonds. The molecule has 0 spiro atoms. The van der Waals surface area contributed by atoms with Crippen LogP contribution in [0.15, 0.2) is 46.3 Å². The summed E-state index contributed by atoms with van der Waals surface area (Å²) in [4.78, 5) is 16.8. The number of rotatable bonds is 10. The highest BCUT2D eigenvalue weighted by atomic mass is 35.5. The summed E-state index contributed by atoms with van der Waals surface area (Å²) in [6.45, 7) is 5.90. The predicted octanol–water partition coefficient (Wildman–Crippen LogP) is 2.38. The van der Waals surface area contributed by atoms with E-state index in [1.165, 1.54) is 0 Å². The first kappa shape index (κ1) is 24.2. The van der Waals surface area contributed by atoms with Crippen LogP contribution in [-0.4, -0.2) is 52.2 Å². The first-order valence-electron chi connectivity index (χ1n) is 10.6. The summed E-state index contributed by atoms with van der Waals surface area (Å²) in [5, 5.41) is 9.50. The predicted molar refractivity (Wildman–Crippen MR) is 128 cm³/mol. The van der Waals surface area contributed by atoms with E-state index in [0.29, 0.717) is 36.5 Å². The third-order valence-corrected chi connectivity index (χ3v) is 7.35. The van der Waals surface area contributed by atoms with E-state index in [4.69, 9.17) is 11.6 Å². The molecule has 7 nitrogen and oxygen atoms in total. The van der Waals surface area contributed by atoms with E-state index < -0.39 is 9.84 Å². The van der Waals surface area contributed by atoms with Gasteiger partial charge in [0, 0.05) is 36.6 Å². The Morgan fingerprint density at radius 2 is 1.88 bits per heavy atom. The van der Waals surface area contributed by atoms with Gasteiger partial charge >= 0.3 is 0 Å². The second kappa shape index (κ2) is 10.9. The quantitative estimate of drug-likeness (QED) is 0.457. The topological polar surface area (TPSA) is 99.7 Å². The van der Waals surface area contributed by atoms with Crippen LogP contribution in [0.1, 0.15) is 28.7 Å². The number of hydrogen-bond acceptors (Lipinski definition) is 6. The maximum absolute atomic E-state index is 12.6. The van der Waals surface area contributed by atoms with Gasteiger partial charge in [-0.3, -0.25) is 9.79 Å². The van der Waals surface area contributed by atoms with Crippen molar-refractivity contribution in [3.63, 3.8) is 0 Å². The second-order valence-corrected chi connectivity index (χ2v) is 10.2. The van der Waals surface area contributed by atoms with E-state index in [-0.39, 0.29) is 16.7 Å². The van der Waals surface area contributed by atoms with Crippen LogP contribution in [0, 0.1) is 13.8 Å². The Hall–Kier alpha value is -2.42. The summed E-state index contributed by atoms with van der Waals surface area (Å²) in [5.41, 5.74) is 3.49. The van der Waals surface area contributed by atoms with Gasteiger partial charge in [-0.05, 0) is 49.1 Å². The molecule has 32 heavy (non-hydrogen) atoms. The largest absolute Gasteiger partial charge is 0.368 e. The first-order valence-corrected chi connectivity index (χ1v) is 12.6. The van der Waals surface area contributed by atoms with Gasteiger partial charge < -0.3 is 16.0 Å². The molecule has 2 aromatic rings. The third-order valence-electron chi connectivity index (χ3n) is 5.25. The van der Waals surface area contributed by atoms with Gasteiger partial charge in [0.15, 0.2) is 9.84 Å². The van der Waals surface area contributed by atoms with Gasteiger partial charge in [0.05, 0.1) is 11.4 Å². The van der Waals surface area contributed by atoms with Crippen LogP contribution >= 0.6 is 11.6 Å². The van der Waals surface area contributed by atoms with E-state index >= 15 is 0 Å². The van der Waals surface area contributed by atoms with E-state index in [1.54, 1.807) is 26.0 Å². The molecule has 3 rings (SSSR count). The van der Waals surface area contributed by atoms with E-state index in [2.05, 4.69) is 20.9 Å². The Kier molecular flexibility index (Phi) is 8.28. The van der Waals surface area contributed by atoms with E-state index in [0.717, 1.165) is 35.6 Å². The number of nitrogens with zero attached hydrogens (tertiary/aromatic N) is 1. The van der Waals surface area contributed by atoms with E-state index in [1.807, 2.05) is 24.3 Å². The molecule has 0 saturated carbocycles. The number of benzene rings is 2.